The van der Waals surface area contributed by atoms with E-state index >= 15 is 0 Å². The van der Waals surface area contributed by atoms with Gasteiger partial charge >= 0.3 is 0 Å². The van der Waals surface area contributed by atoms with Gasteiger partial charge < -0.3 is 10.1 Å². The summed E-state index contributed by atoms with van der Waals surface area (Å²) in [6, 6.07) is 12.6. The number of benzene rings is 2. The second-order valence-corrected chi connectivity index (χ2v) is 8.23. The monoisotopic (exact) mass is 390 g/mol. The number of carbonyl (C=O) groups excluding carboxylic acids is 1. The Kier molecular flexibility index (Phi) is 6.85. The third-order valence-electron chi connectivity index (χ3n) is 4.33. The molecule has 2 aromatic carbocycles. The summed E-state index contributed by atoms with van der Waals surface area (Å²) < 4.78 is 29.8. The number of hydrogen-bond donors (Lipinski definition) is 1. The topological polar surface area (TPSA) is 75.7 Å². The smallest absolute Gasteiger partial charge is 0.262 e. The van der Waals surface area contributed by atoms with E-state index in [1.165, 1.54) is 11.4 Å². The number of hydrogen-bond acceptors (Lipinski definition) is 4. The van der Waals surface area contributed by atoms with Crippen LogP contribution in [0.1, 0.15) is 25.0 Å². The predicted octanol–water partition coefficient (Wildman–Crippen LogP) is 3.22. The maximum Gasteiger partial charge on any atom is 0.262 e. The summed E-state index contributed by atoms with van der Waals surface area (Å²) in [6.45, 7) is 3.98. The third-order valence-corrected chi connectivity index (χ3v) is 5.54. The molecule has 0 aliphatic carbocycles. The van der Waals surface area contributed by atoms with Gasteiger partial charge in [-0.05, 0) is 48.2 Å². The van der Waals surface area contributed by atoms with Crippen molar-refractivity contribution < 1.29 is 17.9 Å². The first kappa shape index (κ1) is 20.8. The molecule has 2 aromatic rings. The first-order valence-corrected chi connectivity index (χ1v) is 10.7. The van der Waals surface area contributed by atoms with Gasteiger partial charge in [0.25, 0.3) is 5.91 Å². The van der Waals surface area contributed by atoms with Gasteiger partial charge in [-0.2, -0.15) is 0 Å². The number of rotatable bonds is 8. The van der Waals surface area contributed by atoms with Crippen molar-refractivity contribution in [3.05, 3.63) is 53.6 Å². The van der Waals surface area contributed by atoms with Crippen molar-refractivity contribution in [1.29, 1.82) is 0 Å². The summed E-state index contributed by atoms with van der Waals surface area (Å²) in [5, 5.41) is 2.95. The van der Waals surface area contributed by atoms with Gasteiger partial charge in [0.1, 0.15) is 5.75 Å². The van der Waals surface area contributed by atoms with Gasteiger partial charge in [-0.25, -0.2) is 8.42 Å². The summed E-state index contributed by atoms with van der Waals surface area (Å²) in [7, 11) is -1.83. The second-order valence-electron chi connectivity index (χ2n) is 6.22. The van der Waals surface area contributed by atoms with Gasteiger partial charge in [0, 0.05) is 12.7 Å². The van der Waals surface area contributed by atoms with Gasteiger partial charge in [0.2, 0.25) is 10.0 Å². The van der Waals surface area contributed by atoms with Gasteiger partial charge in [-0.3, -0.25) is 9.10 Å². The van der Waals surface area contributed by atoms with Crippen LogP contribution in [-0.4, -0.2) is 34.2 Å². The maximum absolute atomic E-state index is 12.3. The van der Waals surface area contributed by atoms with E-state index in [1.54, 1.807) is 24.3 Å². The lowest BCUT2D eigenvalue weighted by molar-refractivity contribution is -0.118. The molecule has 0 saturated heterocycles. The van der Waals surface area contributed by atoms with Crippen LogP contribution in [0.15, 0.2) is 42.5 Å². The number of nitrogens with zero attached hydrogens (tertiary/aromatic N) is 1. The SMILES string of the molecule is CCc1cccc(CC)c1NC(=O)COc1ccc(N(C)S(C)(=O)=O)cc1. The van der Waals surface area contributed by atoms with Crippen LogP contribution in [0.2, 0.25) is 0 Å². The van der Waals surface area contributed by atoms with Crippen molar-refractivity contribution in [1.82, 2.24) is 0 Å². The number of carbonyl (C=O) groups is 1. The molecule has 0 aromatic heterocycles. The van der Waals surface area contributed by atoms with Crippen LogP contribution in [-0.2, 0) is 27.7 Å². The second kappa shape index (κ2) is 8.90. The normalized spacial score (nSPS) is 11.1. The number of amides is 1. The van der Waals surface area contributed by atoms with E-state index in [0.29, 0.717) is 11.4 Å². The van der Waals surface area contributed by atoms with Gasteiger partial charge in [-0.1, -0.05) is 32.0 Å². The van der Waals surface area contributed by atoms with E-state index < -0.39 is 10.0 Å². The van der Waals surface area contributed by atoms with Crippen molar-refractivity contribution in [3.8, 4) is 5.75 Å². The average Bonchev–Trinajstić information content (AvgIpc) is 2.65. The average molecular weight is 391 g/mol. The van der Waals surface area contributed by atoms with Crippen LogP contribution in [0, 0.1) is 0 Å². The van der Waals surface area contributed by atoms with Gasteiger partial charge in [-0.15, -0.1) is 0 Å². The number of nitrogens with one attached hydrogen (secondary N) is 1. The van der Waals surface area contributed by atoms with Crippen molar-refractivity contribution >= 4 is 27.3 Å². The Labute approximate surface area is 161 Å². The molecule has 0 atom stereocenters. The van der Waals surface area contributed by atoms with E-state index in [1.807, 2.05) is 18.2 Å². The molecule has 0 unspecified atom stereocenters. The first-order chi connectivity index (χ1) is 12.8. The predicted molar refractivity (Wildman–Crippen MR) is 109 cm³/mol. The lowest BCUT2D eigenvalue weighted by Gasteiger charge is -2.17. The summed E-state index contributed by atoms with van der Waals surface area (Å²) in [5.74, 6) is 0.262. The van der Waals surface area contributed by atoms with Crippen molar-refractivity contribution in [2.24, 2.45) is 0 Å². The molecule has 0 radical (unpaired) electrons. The Bertz CT molecular complexity index is 870. The Balaban J connectivity index is 2.01. The molecule has 6 nitrogen and oxygen atoms in total. The highest BCUT2D eigenvalue weighted by Crippen LogP contribution is 2.23. The Morgan fingerprint density at radius 1 is 1.04 bits per heavy atom. The lowest BCUT2D eigenvalue weighted by Crippen LogP contribution is -2.24. The van der Waals surface area contributed by atoms with Crippen LogP contribution in [0.5, 0.6) is 5.75 Å². The molecule has 0 saturated carbocycles. The highest BCUT2D eigenvalue weighted by molar-refractivity contribution is 7.92. The Hall–Kier alpha value is -2.54. The number of ether oxygens (including phenoxy) is 1. The number of para-hydroxylation sites is 1. The quantitative estimate of drug-likeness (QED) is 0.751. The summed E-state index contributed by atoms with van der Waals surface area (Å²) >= 11 is 0. The molecule has 2 rings (SSSR count). The minimum Gasteiger partial charge on any atom is -0.484 e. The van der Waals surface area contributed by atoms with Crippen LogP contribution in [0.25, 0.3) is 0 Å². The minimum absolute atomic E-state index is 0.123. The van der Waals surface area contributed by atoms with Crippen LogP contribution < -0.4 is 14.4 Å². The molecule has 0 bridgehead atoms. The molecular formula is C20H26N2O4S. The molecule has 27 heavy (non-hydrogen) atoms. The molecule has 0 aliphatic rings. The first-order valence-electron chi connectivity index (χ1n) is 8.83. The molecule has 0 fully saturated rings. The molecule has 146 valence electrons. The summed E-state index contributed by atoms with van der Waals surface area (Å²) in [5.41, 5.74) is 3.58. The fourth-order valence-electron chi connectivity index (χ4n) is 2.67. The van der Waals surface area contributed by atoms with Crippen molar-refractivity contribution in [3.63, 3.8) is 0 Å². The zero-order valence-electron chi connectivity index (χ0n) is 16.2. The fraction of sp³-hybridized carbons (Fsp3) is 0.350. The number of aryl methyl sites for hydroxylation is 2. The highest BCUT2D eigenvalue weighted by atomic mass is 32.2. The Morgan fingerprint density at radius 3 is 2.07 bits per heavy atom. The van der Waals surface area contributed by atoms with Gasteiger partial charge in [0.15, 0.2) is 6.61 Å². The van der Waals surface area contributed by atoms with Crippen LogP contribution in [0.3, 0.4) is 0 Å². The minimum atomic E-state index is -3.31. The van der Waals surface area contributed by atoms with Crippen LogP contribution in [0.4, 0.5) is 11.4 Å². The van der Waals surface area contributed by atoms with E-state index in [0.717, 1.165) is 35.9 Å². The lowest BCUT2D eigenvalue weighted by atomic mass is 10.0. The van der Waals surface area contributed by atoms with Crippen molar-refractivity contribution in [2.75, 3.05) is 29.5 Å². The molecule has 0 aliphatic heterocycles. The Morgan fingerprint density at radius 2 is 1.59 bits per heavy atom. The zero-order valence-corrected chi connectivity index (χ0v) is 17.0. The fourth-order valence-corrected chi connectivity index (χ4v) is 3.18. The zero-order chi connectivity index (χ0) is 20.0. The molecule has 0 spiro atoms. The standard InChI is InChI=1S/C20H26N2O4S/c1-5-15-8-7-9-16(6-2)20(15)21-19(23)14-26-18-12-10-17(11-13-18)22(3)27(4,24)25/h7-13H,5-6,14H2,1-4H3,(H,21,23). The maximum atomic E-state index is 12.3. The van der Waals surface area contributed by atoms with Gasteiger partial charge in [0.05, 0.1) is 11.9 Å². The molecule has 7 heteroatoms. The molecule has 1 amide bonds. The molecular weight excluding hydrogens is 364 g/mol. The molecule has 0 heterocycles. The van der Waals surface area contributed by atoms with E-state index in [-0.39, 0.29) is 12.5 Å². The van der Waals surface area contributed by atoms with E-state index in [9.17, 15) is 13.2 Å². The van der Waals surface area contributed by atoms with E-state index in [4.69, 9.17) is 4.74 Å². The number of anilines is 2. The number of sulfonamides is 1. The van der Waals surface area contributed by atoms with Crippen molar-refractivity contribution in [2.45, 2.75) is 26.7 Å². The largest absolute Gasteiger partial charge is 0.484 e. The third kappa shape index (κ3) is 5.47. The van der Waals surface area contributed by atoms with Crippen LogP contribution >= 0.6 is 0 Å². The summed E-state index contributed by atoms with van der Waals surface area (Å²) in [4.78, 5) is 12.3. The van der Waals surface area contributed by atoms with E-state index in [2.05, 4.69) is 19.2 Å². The summed E-state index contributed by atoms with van der Waals surface area (Å²) in [6.07, 6.45) is 2.81. The molecule has 1 N–H and O–H groups in total. The highest BCUT2D eigenvalue weighted by Gasteiger charge is 2.13.